The highest BCUT2D eigenvalue weighted by Gasteiger charge is 2.44. The molecule has 5 rings (SSSR count). The van der Waals surface area contributed by atoms with Gasteiger partial charge in [0.1, 0.15) is 29.6 Å². The average Bonchev–Trinajstić information content (AvgIpc) is 3.73. The Kier molecular flexibility index (Phi) is 8.13. The fourth-order valence-electron chi connectivity index (χ4n) is 5.70. The number of nitrogens with zero attached hydrogens (tertiary/aromatic N) is 5. The van der Waals surface area contributed by atoms with E-state index < -0.39 is 24.0 Å². The van der Waals surface area contributed by atoms with Crippen LogP contribution in [-0.2, 0) is 45.0 Å². The first-order valence-corrected chi connectivity index (χ1v) is 13.9. The molecule has 4 heterocycles. The van der Waals surface area contributed by atoms with Crippen LogP contribution in [-0.4, -0.2) is 79.1 Å². The highest BCUT2D eigenvalue weighted by molar-refractivity contribution is 6.08. The number of imidazole rings is 1. The molecule has 0 fully saturated rings. The van der Waals surface area contributed by atoms with Gasteiger partial charge in [0, 0.05) is 32.1 Å². The lowest BCUT2D eigenvalue weighted by Gasteiger charge is -2.33. The van der Waals surface area contributed by atoms with Crippen LogP contribution in [0.4, 0.5) is 5.69 Å². The van der Waals surface area contributed by atoms with Crippen molar-refractivity contribution in [3.63, 3.8) is 0 Å². The monoisotopic (exact) mass is 561 g/mol. The van der Waals surface area contributed by atoms with Crippen molar-refractivity contribution < 1.29 is 19.2 Å². The molecule has 4 amide bonds. The minimum Gasteiger partial charge on any atom is -0.348 e. The summed E-state index contributed by atoms with van der Waals surface area (Å²) in [6, 6.07) is 3.43. The molecular formula is C28H35N9O4. The Bertz CT molecular complexity index is 1410. The van der Waals surface area contributed by atoms with Gasteiger partial charge in [0.05, 0.1) is 18.7 Å². The summed E-state index contributed by atoms with van der Waals surface area (Å²) in [6.07, 6.45) is 6.81. The van der Waals surface area contributed by atoms with Crippen LogP contribution in [0.15, 0.2) is 36.8 Å². The van der Waals surface area contributed by atoms with Crippen LogP contribution in [0.1, 0.15) is 49.3 Å². The van der Waals surface area contributed by atoms with Gasteiger partial charge in [-0.15, -0.1) is 5.10 Å². The number of anilines is 1. The van der Waals surface area contributed by atoms with Crippen molar-refractivity contribution in [1.82, 2.24) is 40.9 Å². The minimum absolute atomic E-state index is 0.0308. The normalized spacial score (nSPS) is 19.2. The van der Waals surface area contributed by atoms with Crippen molar-refractivity contribution in [1.29, 1.82) is 0 Å². The van der Waals surface area contributed by atoms with Gasteiger partial charge in [0.15, 0.2) is 0 Å². The highest BCUT2D eigenvalue weighted by atomic mass is 16.2. The van der Waals surface area contributed by atoms with E-state index in [-0.39, 0.29) is 36.6 Å². The number of likely N-dealkylation sites (N-methyl/N-ethyl adjacent to an activating group) is 1. The number of benzene rings is 1. The number of hydrogen-bond acceptors (Lipinski definition) is 7. The molecule has 0 spiro atoms. The Morgan fingerprint density at radius 3 is 2.76 bits per heavy atom. The molecule has 0 saturated carbocycles. The van der Waals surface area contributed by atoms with Crippen LogP contribution in [0.5, 0.6) is 0 Å². The summed E-state index contributed by atoms with van der Waals surface area (Å²) in [5.74, 6) is -0.947. The molecule has 0 saturated heterocycles. The third kappa shape index (κ3) is 5.70. The molecule has 0 unspecified atom stereocenters. The number of rotatable bonds is 10. The molecule has 1 aromatic carbocycles. The number of H-pyrrole nitrogens is 2. The number of hydrogen-bond donors (Lipinski definition) is 4. The van der Waals surface area contributed by atoms with E-state index in [1.807, 2.05) is 32.0 Å². The van der Waals surface area contributed by atoms with E-state index in [1.54, 1.807) is 30.5 Å². The number of aromatic nitrogens is 5. The third-order valence-electron chi connectivity index (χ3n) is 8.07. The van der Waals surface area contributed by atoms with Crippen LogP contribution in [0.25, 0.3) is 0 Å². The van der Waals surface area contributed by atoms with Crippen molar-refractivity contribution in [3.05, 3.63) is 59.4 Å². The second-order valence-corrected chi connectivity index (χ2v) is 10.7. The van der Waals surface area contributed by atoms with Gasteiger partial charge in [-0.25, -0.2) is 4.98 Å². The summed E-state index contributed by atoms with van der Waals surface area (Å²) in [5, 5.41) is 16.0. The Labute approximate surface area is 237 Å². The Hall–Kier alpha value is -4.55. The predicted octanol–water partition coefficient (Wildman–Crippen LogP) is 0.649. The van der Waals surface area contributed by atoms with E-state index in [9.17, 15) is 19.2 Å². The van der Waals surface area contributed by atoms with E-state index in [1.165, 1.54) is 4.90 Å². The van der Waals surface area contributed by atoms with E-state index in [0.29, 0.717) is 37.2 Å². The molecule has 2 aliphatic rings. The fraction of sp³-hybridized carbons (Fsp3) is 0.464. The van der Waals surface area contributed by atoms with Gasteiger partial charge in [-0.2, -0.15) is 0 Å². The predicted molar refractivity (Wildman–Crippen MR) is 148 cm³/mol. The SMILES string of the molecule is CC[C@H](C)[C@@H](C(=O)N[C@H]1CCc2cccc3c2N(C1=O)[C@H](C(=O)NCc1c[nH]nn1)C3)N(C)C(=O)Cc1ncc[nH]1. The highest BCUT2D eigenvalue weighted by Crippen LogP contribution is 2.39. The summed E-state index contributed by atoms with van der Waals surface area (Å²) in [7, 11) is 1.61. The lowest BCUT2D eigenvalue weighted by Crippen LogP contribution is -2.58. The van der Waals surface area contributed by atoms with Gasteiger partial charge in [-0.1, -0.05) is 43.7 Å². The first-order chi connectivity index (χ1) is 19.8. The summed E-state index contributed by atoms with van der Waals surface area (Å²) in [6.45, 7) is 4.04. The quantitative estimate of drug-likeness (QED) is 0.282. The summed E-state index contributed by atoms with van der Waals surface area (Å²) < 4.78 is 0. The molecule has 0 radical (unpaired) electrons. The molecule has 0 bridgehead atoms. The summed E-state index contributed by atoms with van der Waals surface area (Å²) >= 11 is 0. The molecule has 13 heteroatoms. The zero-order valence-electron chi connectivity index (χ0n) is 23.4. The molecule has 2 aromatic heterocycles. The second kappa shape index (κ2) is 11.9. The smallest absolute Gasteiger partial charge is 0.250 e. The van der Waals surface area contributed by atoms with Gasteiger partial charge in [0.2, 0.25) is 23.6 Å². The van der Waals surface area contributed by atoms with E-state index >= 15 is 0 Å². The van der Waals surface area contributed by atoms with Gasteiger partial charge in [0.25, 0.3) is 0 Å². The number of nitrogens with one attached hydrogen (secondary N) is 4. The molecule has 3 aromatic rings. The number of aryl methyl sites for hydroxylation is 1. The van der Waals surface area contributed by atoms with Crippen LogP contribution in [0, 0.1) is 5.92 Å². The molecular weight excluding hydrogens is 526 g/mol. The number of aromatic amines is 2. The maximum Gasteiger partial charge on any atom is 0.250 e. The molecule has 41 heavy (non-hydrogen) atoms. The van der Waals surface area contributed by atoms with Crippen molar-refractivity contribution in [2.45, 2.75) is 70.6 Å². The second-order valence-electron chi connectivity index (χ2n) is 10.7. The van der Waals surface area contributed by atoms with Crippen molar-refractivity contribution >= 4 is 29.3 Å². The maximum absolute atomic E-state index is 14.0. The lowest BCUT2D eigenvalue weighted by atomic mass is 9.95. The van der Waals surface area contributed by atoms with Crippen molar-refractivity contribution in [3.8, 4) is 0 Å². The van der Waals surface area contributed by atoms with Crippen molar-refractivity contribution in [2.75, 3.05) is 11.9 Å². The fourth-order valence-corrected chi connectivity index (χ4v) is 5.70. The number of carbonyl (C=O) groups is 4. The number of amides is 4. The molecule has 216 valence electrons. The Morgan fingerprint density at radius 1 is 1.24 bits per heavy atom. The Balaban J connectivity index is 1.35. The van der Waals surface area contributed by atoms with E-state index in [4.69, 9.17) is 0 Å². The average molecular weight is 562 g/mol. The van der Waals surface area contributed by atoms with Crippen LogP contribution in [0.2, 0.25) is 0 Å². The zero-order chi connectivity index (χ0) is 29.1. The van der Waals surface area contributed by atoms with E-state index in [2.05, 4.69) is 36.0 Å². The summed E-state index contributed by atoms with van der Waals surface area (Å²) in [4.78, 5) is 64.2. The molecule has 4 atom stereocenters. The Morgan fingerprint density at radius 2 is 2.05 bits per heavy atom. The lowest BCUT2D eigenvalue weighted by molar-refractivity contribution is -0.141. The molecule has 0 aliphatic carbocycles. The molecule has 13 nitrogen and oxygen atoms in total. The van der Waals surface area contributed by atoms with Gasteiger partial charge < -0.3 is 20.5 Å². The zero-order valence-corrected chi connectivity index (χ0v) is 23.4. The van der Waals surface area contributed by atoms with E-state index in [0.717, 1.165) is 16.8 Å². The minimum atomic E-state index is -0.855. The molecule has 2 aliphatic heterocycles. The third-order valence-corrected chi connectivity index (χ3v) is 8.07. The van der Waals surface area contributed by atoms with Gasteiger partial charge >= 0.3 is 0 Å². The topological polar surface area (TPSA) is 169 Å². The largest absolute Gasteiger partial charge is 0.348 e. The first kappa shape index (κ1) is 28.0. The molecule has 4 N–H and O–H groups in total. The summed E-state index contributed by atoms with van der Waals surface area (Å²) in [5.41, 5.74) is 3.21. The number of para-hydroxylation sites is 1. The van der Waals surface area contributed by atoms with Gasteiger partial charge in [-0.3, -0.25) is 29.2 Å². The van der Waals surface area contributed by atoms with Crippen LogP contribution < -0.4 is 15.5 Å². The van der Waals surface area contributed by atoms with Crippen LogP contribution >= 0.6 is 0 Å². The number of carbonyl (C=O) groups excluding carboxylic acids is 4. The maximum atomic E-state index is 14.0. The van der Waals surface area contributed by atoms with Gasteiger partial charge in [-0.05, 0) is 29.9 Å². The van der Waals surface area contributed by atoms with Crippen molar-refractivity contribution in [2.24, 2.45) is 5.92 Å². The van der Waals surface area contributed by atoms with Crippen LogP contribution in [0.3, 0.4) is 0 Å². The standard InChI is InChI=1S/C28H35N9O4/c1-4-16(2)24(36(3)23(38)13-22-29-10-11-30-22)27(40)33-20-9-8-17-6-5-7-18-12-21(37(25(17)18)28(20)41)26(39)31-14-19-15-32-35-34-19/h5-7,10-11,15-16,20-21,24H,4,8-9,12-14H2,1-3H3,(H,29,30)(H,31,39)(H,33,40)(H,32,34,35)/t16-,20-,21-,24-/m0/s1. The first-order valence-electron chi connectivity index (χ1n) is 13.9.